The van der Waals surface area contributed by atoms with Crippen molar-refractivity contribution in [2.45, 2.75) is 20.4 Å². The van der Waals surface area contributed by atoms with Crippen LogP contribution in [0.4, 0.5) is 0 Å². The minimum atomic E-state index is 0.535. The van der Waals surface area contributed by atoms with Crippen molar-refractivity contribution in [2.75, 3.05) is 6.54 Å². The van der Waals surface area contributed by atoms with Gasteiger partial charge in [0.25, 0.3) is 0 Å². The van der Waals surface area contributed by atoms with Gasteiger partial charge in [0.2, 0.25) is 5.88 Å². The second-order valence-corrected chi connectivity index (χ2v) is 6.07. The molecule has 3 nitrogen and oxygen atoms in total. The van der Waals surface area contributed by atoms with E-state index in [2.05, 4.69) is 24.1 Å². The summed E-state index contributed by atoms with van der Waals surface area (Å²) >= 11 is 12.0. The average molecular weight is 325 g/mol. The molecule has 21 heavy (non-hydrogen) atoms. The lowest BCUT2D eigenvalue weighted by Gasteiger charge is -2.12. The van der Waals surface area contributed by atoms with Crippen LogP contribution in [0.5, 0.6) is 11.6 Å². The minimum Gasteiger partial charge on any atom is -0.439 e. The highest BCUT2D eigenvalue weighted by atomic mass is 35.5. The number of aromatic nitrogens is 1. The van der Waals surface area contributed by atoms with E-state index in [1.165, 1.54) is 0 Å². The molecule has 112 valence electrons. The smallest absolute Gasteiger partial charge is 0.223 e. The van der Waals surface area contributed by atoms with Crippen LogP contribution in [0.1, 0.15) is 19.4 Å². The van der Waals surface area contributed by atoms with Crippen molar-refractivity contribution in [3.8, 4) is 11.6 Å². The first-order valence-corrected chi connectivity index (χ1v) is 7.58. The van der Waals surface area contributed by atoms with Crippen LogP contribution < -0.4 is 10.1 Å². The normalized spacial score (nSPS) is 10.9. The number of benzene rings is 1. The van der Waals surface area contributed by atoms with Crippen LogP contribution >= 0.6 is 23.2 Å². The topological polar surface area (TPSA) is 34.2 Å². The van der Waals surface area contributed by atoms with E-state index in [4.69, 9.17) is 27.9 Å². The van der Waals surface area contributed by atoms with E-state index in [0.717, 1.165) is 12.1 Å². The molecule has 0 unspecified atom stereocenters. The maximum absolute atomic E-state index is 5.98. The van der Waals surface area contributed by atoms with Crippen LogP contribution in [0, 0.1) is 5.92 Å². The Kier molecular flexibility index (Phi) is 5.85. The number of hydrogen-bond acceptors (Lipinski definition) is 3. The SMILES string of the molecule is CC(C)CNCc1cccnc1Oc1cc(Cl)cc(Cl)c1. The lowest BCUT2D eigenvalue weighted by atomic mass is 10.2. The predicted octanol–water partition coefficient (Wildman–Crippen LogP) is 4.93. The summed E-state index contributed by atoms with van der Waals surface area (Å²) in [5, 5.41) is 4.45. The van der Waals surface area contributed by atoms with Crippen molar-refractivity contribution < 1.29 is 4.74 Å². The van der Waals surface area contributed by atoms with E-state index in [-0.39, 0.29) is 0 Å². The number of pyridine rings is 1. The molecule has 0 atom stereocenters. The maximum Gasteiger partial charge on any atom is 0.223 e. The quantitative estimate of drug-likeness (QED) is 0.818. The number of hydrogen-bond donors (Lipinski definition) is 1. The van der Waals surface area contributed by atoms with Crippen LogP contribution in [0.25, 0.3) is 0 Å². The molecule has 0 saturated carbocycles. The van der Waals surface area contributed by atoms with Gasteiger partial charge in [0.15, 0.2) is 0 Å². The molecule has 0 saturated heterocycles. The maximum atomic E-state index is 5.98. The Labute approximate surface area is 135 Å². The molecule has 0 amide bonds. The van der Waals surface area contributed by atoms with Crippen molar-refractivity contribution in [1.82, 2.24) is 10.3 Å². The minimum absolute atomic E-state index is 0.535. The number of nitrogens with one attached hydrogen (secondary N) is 1. The van der Waals surface area contributed by atoms with Gasteiger partial charge in [-0.05, 0) is 36.7 Å². The van der Waals surface area contributed by atoms with Crippen molar-refractivity contribution >= 4 is 23.2 Å². The Hall–Kier alpha value is -1.29. The monoisotopic (exact) mass is 324 g/mol. The van der Waals surface area contributed by atoms with Crippen molar-refractivity contribution in [1.29, 1.82) is 0 Å². The lowest BCUT2D eigenvalue weighted by Crippen LogP contribution is -2.19. The summed E-state index contributed by atoms with van der Waals surface area (Å²) in [6.45, 7) is 5.98. The zero-order valence-corrected chi connectivity index (χ0v) is 13.6. The number of halogens is 2. The third-order valence-corrected chi connectivity index (χ3v) is 3.21. The number of ether oxygens (including phenoxy) is 1. The Bertz CT molecular complexity index is 582. The highest BCUT2D eigenvalue weighted by Crippen LogP contribution is 2.28. The summed E-state index contributed by atoms with van der Waals surface area (Å²) in [7, 11) is 0. The molecule has 1 aromatic carbocycles. The van der Waals surface area contributed by atoms with Gasteiger partial charge in [0.05, 0.1) is 0 Å². The third kappa shape index (κ3) is 5.20. The van der Waals surface area contributed by atoms with Gasteiger partial charge in [-0.15, -0.1) is 0 Å². The molecule has 5 heteroatoms. The zero-order chi connectivity index (χ0) is 15.2. The Morgan fingerprint density at radius 2 is 1.90 bits per heavy atom. The van der Waals surface area contributed by atoms with Gasteiger partial charge < -0.3 is 10.1 Å². The van der Waals surface area contributed by atoms with Gasteiger partial charge in [-0.3, -0.25) is 0 Å². The van der Waals surface area contributed by atoms with Crippen LogP contribution in [-0.2, 0) is 6.54 Å². The molecule has 1 N–H and O–H groups in total. The first-order chi connectivity index (χ1) is 10.0. The molecule has 2 aromatic rings. The van der Waals surface area contributed by atoms with Gasteiger partial charge in [0, 0.05) is 28.4 Å². The second-order valence-electron chi connectivity index (χ2n) is 5.20. The molecule has 2 rings (SSSR count). The molecule has 0 fully saturated rings. The van der Waals surface area contributed by atoms with Crippen molar-refractivity contribution in [3.05, 3.63) is 52.1 Å². The molecule has 0 aliphatic heterocycles. The fourth-order valence-corrected chi connectivity index (χ4v) is 2.35. The standard InChI is InChI=1S/C16H18Cl2N2O/c1-11(2)9-19-10-12-4-3-5-20-16(12)21-15-7-13(17)6-14(18)8-15/h3-8,11,19H,9-10H2,1-2H3. The predicted molar refractivity (Wildman–Crippen MR) is 87.3 cm³/mol. The molecular weight excluding hydrogens is 307 g/mol. The van der Waals surface area contributed by atoms with E-state index in [1.807, 2.05) is 12.1 Å². The summed E-state index contributed by atoms with van der Waals surface area (Å²) in [6, 6.07) is 8.98. The van der Waals surface area contributed by atoms with E-state index in [0.29, 0.717) is 34.1 Å². The Morgan fingerprint density at radius 3 is 2.57 bits per heavy atom. The average Bonchev–Trinajstić information content (AvgIpc) is 2.39. The summed E-state index contributed by atoms with van der Waals surface area (Å²) in [4.78, 5) is 4.28. The summed E-state index contributed by atoms with van der Waals surface area (Å²) in [5.74, 6) is 1.74. The van der Waals surface area contributed by atoms with Crippen LogP contribution in [0.15, 0.2) is 36.5 Å². The van der Waals surface area contributed by atoms with Gasteiger partial charge in [0.1, 0.15) is 5.75 Å². The van der Waals surface area contributed by atoms with Gasteiger partial charge in [-0.1, -0.05) is 43.1 Å². The number of rotatable bonds is 6. The van der Waals surface area contributed by atoms with Gasteiger partial charge in [-0.25, -0.2) is 4.98 Å². The number of nitrogens with zero attached hydrogens (tertiary/aromatic N) is 1. The first kappa shape index (κ1) is 16.1. The van der Waals surface area contributed by atoms with E-state index < -0.39 is 0 Å². The molecular formula is C16H18Cl2N2O. The molecule has 0 spiro atoms. The largest absolute Gasteiger partial charge is 0.439 e. The summed E-state index contributed by atoms with van der Waals surface area (Å²) in [5.41, 5.74) is 0.995. The van der Waals surface area contributed by atoms with E-state index in [1.54, 1.807) is 24.4 Å². The molecule has 0 aliphatic carbocycles. The summed E-state index contributed by atoms with van der Waals surface area (Å²) in [6.07, 6.45) is 1.70. The Morgan fingerprint density at radius 1 is 1.19 bits per heavy atom. The van der Waals surface area contributed by atoms with Crippen molar-refractivity contribution in [3.63, 3.8) is 0 Å². The zero-order valence-electron chi connectivity index (χ0n) is 12.1. The van der Waals surface area contributed by atoms with E-state index >= 15 is 0 Å². The first-order valence-electron chi connectivity index (χ1n) is 6.83. The molecule has 0 radical (unpaired) electrons. The molecule has 0 bridgehead atoms. The second kappa shape index (κ2) is 7.64. The van der Waals surface area contributed by atoms with E-state index in [9.17, 15) is 0 Å². The van der Waals surface area contributed by atoms with Gasteiger partial charge >= 0.3 is 0 Å². The van der Waals surface area contributed by atoms with Crippen LogP contribution in [0.2, 0.25) is 10.0 Å². The molecule has 0 aliphatic rings. The molecule has 1 aromatic heterocycles. The highest BCUT2D eigenvalue weighted by molar-refractivity contribution is 6.34. The third-order valence-electron chi connectivity index (χ3n) is 2.77. The highest BCUT2D eigenvalue weighted by Gasteiger charge is 2.07. The van der Waals surface area contributed by atoms with Crippen LogP contribution in [0.3, 0.4) is 0 Å². The van der Waals surface area contributed by atoms with Gasteiger partial charge in [-0.2, -0.15) is 0 Å². The Balaban J connectivity index is 2.12. The summed E-state index contributed by atoms with van der Waals surface area (Å²) < 4.78 is 5.81. The lowest BCUT2D eigenvalue weighted by molar-refractivity contribution is 0.450. The van der Waals surface area contributed by atoms with Crippen LogP contribution in [-0.4, -0.2) is 11.5 Å². The fraction of sp³-hybridized carbons (Fsp3) is 0.312. The van der Waals surface area contributed by atoms with Crippen molar-refractivity contribution in [2.24, 2.45) is 5.92 Å². The fourth-order valence-electron chi connectivity index (χ4n) is 1.85. The molecule has 1 heterocycles.